The molecule has 0 atom stereocenters. The average Bonchev–Trinajstić information content (AvgIpc) is 1.98. The van der Waals surface area contributed by atoms with Gasteiger partial charge in [0.2, 0.25) is 0 Å². The summed E-state index contributed by atoms with van der Waals surface area (Å²) < 4.78 is 24.8. The molecular formula is C6H3F2N3. The molecule has 56 valence electrons. The second-order valence-electron chi connectivity index (χ2n) is 1.79. The van der Waals surface area contributed by atoms with Crippen molar-refractivity contribution in [2.45, 2.75) is 0 Å². The van der Waals surface area contributed by atoms with Gasteiger partial charge in [0, 0.05) is 4.91 Å². The summed E-state index contributed by atoms with van der Waals surface area (Å²) in [7, 11) is 0. The van der Waals surface area contributed by atoms with E-state index >= 15 is 0 Å². The van der Waals surface area contributed by atoms with Crippen LogP contribution < -0.4 is 0 Å². The number of azide groups is 1. The van der Waals surface area contributed by atoms with Crippen molar-refractivity contribution in [2.24, 2.45) is 5.11 Å². The fraction of sp³-hybridized carbons (Fsp3) is 0. The number of rotatable bonds is 1. The minimum Gasteiger partial charge on any atom is -0.207 e. The summed E-state index contributed by atoms with van der Waals surface area (Å²) in [6, 6.07) is 2.68. The summed E-state index contributed by atoms with van der Waals surface area (Å²) in [4.78, 5) is 2.33. The summed E-state index contributed by atoms with van der Waals surface area (Å²) in [5, 5.41) is 2.93. The molecule has 0 radical (unpaired) electrons. The lowest BCUT2D eigenvalue weighted by molar-refractivity contribution is 0.602. The Morgan fingerprint density at radius 3 is 2.73 bits per heavy atom. The van der Waals surface area contributed by atoms with Gasteiger partial charge in [-0.1, -0.05) is 5.11 Å². The fourth-order valence-corrected chi connectivity index (χ4v) is 0.611. The Balaban J connectivity index is 3.22. The Bertz CT molecular complexity index is 318. The molecular weight excluding hydrogens is 152 g/mol. The number of hydrogen-bond donors (Lipinski definition) is 0. The molecule has 11 heavy (non-hydrogen) atoms. The van der Waals surface area contributed by atoms with Crippen molar-refractivity contribution in [1.82, 2.24) is 0 Å². The van der Waals surface area contributed by atoms with E-state index in [9.17, 15) is 8.78 Å². The van der Waals surface area contributed by atoms with Gasteiger partial charge in [-0.3, -0.25) is 0 Å². The molecule has 0 aromatic heterocycles. The molecule has 0 saturated heterocycles. The Hall–Kier alpha value is -1.61. The van der Waals surface area contributed by atoms with Gasteiger partial charge in [0.1, 0.15) is 11.6 Å². The first kappa shape index (κ1) is 7.50. The third-order valence-corrected chi connectivity index (χ3v) is 1.06. The third-order valence-electron chi connectivity index (χ3n) is 1.06. The molecule has 0 heterocycles. The van der Waals surface area contributed by atoms with Crippen LogP contribution in [0.2, 0.25) is 0 Å². The normalized spacial score (nSPS) is 8.91. The first-order valence-electron chi connectivity index (χ1n) is 2.74. The quantitative estimate of drug-likeness (QED) is 0.340. The standard InChI is InChI=1S/C6H3F2N3/c7-4-1-2-5(8)6(3-4)10-11-9/h1-3H. The van der Waals surface area contributed by atoms with E-state index in [-0.39, 0.29) is 5.69 Å². The van der Waals surface area contributed by atoms with E-state index in [0.717, 1.165) is 18.2 Å². The minimum absolute atomic E-state index is 0.326. The van der Waals surface area contributed by atoms with Crippen LogP contribution in [0.25, 0.3) is 10.4 Å². The molecule has 0 fully saturated rings. The second-order valence-corrected chi connectivity index (χ2v) is 1.79. The van der Waals surface area contributed by atoms with Crippen molar-refractivity contribution in [2.75, 3.05) is 0 Å². The molecule has 1 aromatic carbocycles. The van der Waals surface area contributed by atoms with E-state index < -0.39 is 11.6 Å². The van der Waals surface area contributed by atoms with Gasteiger partial charge in [-0.15, -0.1) is 0 Å². The summed E-state index contributed by atoms with van der Waals surface area (Å²) in [6.45, 7) is 0. The molecule has 0 aliphatic rings. The van der Waals surface area contributed by atoms with Crippen LogP contribution in [0.15, 0.2) is 23.3 Å². The van der Waals surface area contributed by atoms with E-state index in [4.69, 9.17) is 5.53 Å². The number of nitrogens with zero attached hydrogens (tertiary/aromatic N) is 3. The molecule has 0 N–H and O–H groups in total. The zero-order chi connectivity index (χ0) is 8.27. The van der Waals surface area contributed by atoms with Crippen molar-refractivity contribution >= 4 is 5.69 Å². The van der Waals surface area contributed by atoms with Crippen LogP contribution in [0.3, 0.4) is 0 Å². The Morgan fingerprint density at radius 1 is 1.36 bits per heavy atom. The van der Waals surface area contributed by atoms with E-state index in [2.05, 4.69) is 10.0 Å². The smallest absolute Gasteiger partial charge is 0.132 e. The highest BCUT2D eigenvalue weighted by Crippen LogP contribution is 2.18. The molecule has 0 unspecified atom stereocenters. The Morgan fingerprint density at radius 2 is 2.09 bits per heavy atom. The van der Waals surface area contributed by atoms with E-state index in [0.29, 0.717) is 0 Å². The van der Waals surface area contributed by atoms with Gasteiger partial charge >= 0.3 is 0 Å². The van der Waals surface area contributed by atoms with Gasteiger partial charge in [-0.25, -0.2) is 8.78 Å². The molecule has 0 aliphatic heterocycles. The molecule has 1 rings (SSSR count). The van der Waals surface area contributed by atoms with Gasteiger partial charge in [-0.05, 0) is 23.7 Å². The highest BCUT2D eigenvalue weighted by atomic mass is 19.1. The van der Waals surface area contributed by atoms with Crippen LogP contribution in [-0.2, 0) is 0 Å². The molecule has 1 aromatic rings. The van der Waals surface area contributed by atoms with Gasteiger partial charge in [0.15, 0.2) is 0 Å². The minimum atomic E-state index is -0.732. The molecule has 0 bridgehead atoms. The summed E-state index contributed by atoms with van der Waals surface area (Å²) in [6.07, 6.45) is 0. The summed E-state index contributed by atoms with van der Waals surface area (Å²) in [5.74, 6) is -1.36. The molecule has 0 saturated carbocycles. The molecule has 0 aliphatic carbocycles. The zero-order valence-electron chi connectivity index (χ0n) is 5.33. The molecule has 0 spiro atoms. The van der Waals surface area contributed by atoms with Crippen LogP contribution in [0.1, 0.15) is 0 Å². The molecule has 3 nitrogen and oxygen atoms in total. The summed E-state index contributed by atoms with van der Waals surface area (Å²) in [5.41, 5.74) is 7.58. The van der Waals surface area contributed by atoms with Gasteiger partial charge < -0.3 is 0 Å². The van der Waals surface area contributed by atoms with Crippen molar-refractivity contribution in [3.05, 3.63) is 40.3 Å². The zero-order valence-corrected chi connectivity index (χ0v) is 5.33. The lowest BCUT2D eigenvalue weighted by atomic mass is 10.3. The number of halogens is 2. The maximum Gasteiger partial charge on any atom is 0.132 e. The highest BCUT2D eigenvalue weighted by Gasteiger charge is 1.99. The average molecular weight is 155 g/mol. The first-order chi connectivity index (χ1) is 5.24. The molecule has 5 heteroatoms. The third kappa shape index (κ3) is 1.65. The van der Waals surface area contributed by atoms with E-state index in [1.807, 2.05) is 0 Å². The van der Waals surface area contributed by atoms with Crippen molar-refractivity contribution in [1.29, 1.82) is 0 Å². The second kappa shape index (κ2) is 2.98. The van der Waals surface area contributed by atoms with Crippen molar-refractivity contribution in [3.8, 4) is 0 Å². The predicted molar refractivity (Wildman–Crippen MR) is 35.2 cm³/mol. The van der Waals surface area contributed by atoms with Crippen LogP contribution in [-0.4, -0.2) is 0 Å². The van der Waals surface area contributed by atoms with Crippen molar-refractivity contribution < 1.29 is 8.78 Å². The van der Waals surface area contributed by atoms with Crippen LogP contribution in [0, 0.1) is 11.6 Å². The van der Waals surface area contributed by atoms with Gasteiger partial charge in [0.25, 0.3) is 0 Å². The van der Waals surface area contributed by atoms with Crippen LogP contribution in [0.4, 0.5) is 14.5 Å². The van der Waals surface area contributed by atoms with Crippen LogP contribution in [0.5, 0.6) is 0 Å². The Labute approximate surface area is 60.9 Å². The monoisotopic (exact) mass is 155 g/mol. The maximum absolute atomic E-state index is 12.5. The highest BCUT2D eigenvalue weighted by molar-refractivity contribution is 5.38. The lowest BCUT2D eigenvalue weighted by Crippen LogP contribution is -1.76. The maximum atomic E-state index is 12.5. The van der Waals surface area contributed by atoms with Gasteiger partial charge in [-0.2, -0.15) is 0 Å². The topological polar surface area (TPSA) is 48.8 Å². The van der Waals surface area contributed by atoms with Crippen LogP contribution >= 0.6 is 0 Å². The van der Waals surface area contributed by atoms with Crippen molar-refractivity contribution in [3.63, 3.8) is 0 Å². The van der Waals surface area contributed by atoms with Gasteiger partial charge in [0.05, 0.1) is 5.69 Å². The molecule has 0 amide bonds. The SMILES string of the molecule is [N-]=[N+]=Nc1cc(F)ccc1F. The number of hydrogen-bond acceptors (Lipinski definition) is 1. The lowest BCUT2D eigenvalue weighted by Gasteiger charge is -1.92. The largest absolute Gasteiger partial charge is 0.207 e. The first-order valence-corrected chi connectivity index (χ1v) is 2.74. The number of benzene rings is 1. The predicted octanol–water partition coefficient (Wildman–Crippen LogP) is 2.91. The fourth-order valence-electron chi connectivity index (χ4n) is 0.611. The van der Waals surface area contributed by atoms with E-state index in [1.165, 1.54) is 0 Å². The summed E-state index contributed by atoms with van der Waals surface area (Å²) >= 11 is 0. The Kier molecular flexibility index (Phi) is 2.03. The van der Waals surface area contributed by atoms with E-state index in [1.54, 1.807) is 0 Å².